The number of likely N-dealkylation sites (tertiary alicyclic amines) is 1. The van der Waals surface area contributed by atoms with E-state index in [2.05, 4.69) is 28.9 Å². The fourth-order valence-corrected chi connectivity index (χ4v) is 1.95. The van der Waals surface area contributed by atoms with Gasteiger partial charge >= 0.3 is 0 Å². The van der Waals surface area contributed by atoms with E-state index in [9.17, 15) is 0 Å². The number of hydrogen-bond acceptors (Lipinski definition) is 2. The zero-order valence-electron chi connectivity index (χ0n) is 8.38. The summed E-state index contributed by atoms with van der Waals surface area (Å²) in [7, 11) is 0. The molecule has 1 aromatic rings. The van der Waals surface area contributed by atoms with Crippen molar-refractivity contribution in [3.05, 3.63) is 17.5 Å². The average Bonchev–Trinajstić information content (AvgIpc) is 2.64. The van der Waals surface area contributed by atoms with Crippen molar-refractivity contribution in [1.29, 1.82) is 0 Å². The molecule has 1 saturated heterocycles. The maximum atomic E-state index is 4.03. The van der Waals surface area contributed by atoms with E-state index < -0.39 is 0 Å². The summed E-state index contributed by atoms with van der Waals surface area (Å²) in [5.74, 6) is 0.868. The monoisotopic (exact) mass is 179 g/mol. The van der Waals surface area contributed by atoms with Crippen molar-refractivity contribution < 1.29 is 0 Å². The predicted octanol–water partition coefficient (Wildman–Crippen LogP) is 1.56. The van der Waals surface area contributed by atoms with Crippen LogP contribution in [0.3, 0.4) is 0 Å². The molecule has 0 aliphatic carbocycles. The maximum absolute atomic E-state index is 4.03. The summed E-state index contributed by atoms with van der Waals surface area (Å²) >= 11 is 0. The van der Waals surface area contributed by atoms with Crippen LogP contribution in [0.2, 0.25) is 0 Å². The van der Waals surface area contributed by atoms with E-state index in [1.54, 1.807) is 0 Å². The number of H-pyrrole nitrogens is 1. The van der Waals surface area contributed by atoms with Gasteiger partial charge in [-0.2, -0.15) is 5.10 Å². The third kappa shape index (κ3) is 1.91. The van der Waals surface area contributed by atoms with Gasteiger partial charge in [-0.1, -0.05) is 6.92 Å². The van der Waals surface area contributed by atoms with Gasteiger partial charge in [-0.25, -0.2) is 0 Å². The van der Waals surface area contributed by atoms with Gasteiger partial charge in [-0.15, -0.1) is 0 Å². The third-order valence-corrected chi connectivity index (χ3v) is 2.84. The molecule has 3 nitrogen and oxygen atoms in total. The molecule has 1 aromatic heterocycles. The van der Waals surface area contributed by atoms with Crippen LogP contribution in [0.25, 0.3) is 0 Å². The van der Waals surface area contributed by atoms with Gasteiger partial charge in [-0.05, 0) is 25.8 Å². The van der Waals surface area contributed by atoms with Gasteiger partial charge in [-0.3, -0.25) is 10.00 Å². The summed E-state index contributed by atoms with van der Waals surface area (Å²) < 4.78 is 0. The first-order valence-electron chi connectivity index (χ1n) is 4.97. The standard InChI is InChI=1S/C10H17N3/c1-8-3-4-13(6-8)7-10-5-11-12-9(10)2/h5,8H,3-4,6-7H2,1-2H3,(H,11,12). The van der Waals surface area contributed by atoms with Crippen LogP contribution >= 0.6 is 0 Å². The van der Waals surface area contributed by atoms with Gasteiger partial charge in [0.25, 0.3) is 0 Å². The topological polar surface area (TPSA) is 31.9 Å². The summed E-state index contributed by atoms with van der Waals surface area (Å²) in [5, 5.41) is 7.01. The second kappa shape index (κ2) is 3.50. The van der Waals surface area contributed by atoms with Crippen LogP contribution in [-0.4, -0.2) is 28.2 Å². The minimum absolute atomic E-state index is 0.868. The highest BCUT2D eigenvalue weighted by molar-refractivity contribution is 5.14. The van der Waals surface area contributed by atoms with Crippen LogP contribution in [0.1, 0.15) is 24.6 Å². The van der Waals surface area contributed by atoms with Crippen LogP contribution < -0.4 is 0 Å². The molecule has 1 fully saturated rings. The van der Waals surface area contributed by atoms with E-state index in [-0.39, 0.29) is 0 Å². The summed E-state index contributed by atoms with van der Waals surface area (Å²) in [6.45, 7) is 7.95. The molecule has 1 aliphatic rings. The highest BCUT2D eigenvalue weighted by Gasteiger charge is 2.19. The first-order valence-corrected chi connectivity index (χ1v) is 4.97. The molecule has 1 N–H and O–H groups in total. The van der Waals surface area contributed by atoms with E-state index in [0.29, 0.717) is 0 Å². The largest absolute Gasteiger partial charge is 0.299 e. The number of rotatable bonds is 2. The Hall–Kier alpha value is -0.830. The smallest absolute Gasteiger partial charge is 0.0535 e. The number of nitrogens with zero attached hydrogens (tertiary/aromatic N) is 2. The Kier molecular flexibility index (Phi) is 2.36. The Morgan fingerprint density at radius 1 is 1.69 bits per heavy atom. The van der Waals surface area contributed by atoms with Crippen molar-refractivity contribution in [3.8, 4) is 0 Å². The Labute approximate surface area is 79.1 Å². The molecular formula is C10H17N3. The Balaban J connectivity index is 1.95. The molecule has 0 amide bonds. The number of aryl methyl sites for hydroxylation is 1. The van der Waals surface area contributed by atoms with Crippen molar-refractivity contribution >= 4 is 0 Å². The Bertz CT molecular complexity index is 279. The van der Waals surface area contributed by atoms with Crippen molar-refractivity contribution in [3.63, 3.8) is 0 Å². The normalized spacial score (nSPS) is 24.0. The molecule has 2 heterocycles. The van der Waals surface area contributed by atoms with E-state index in [0.717, 1.165) is 12.5 Å². The van der Waals surface area contributed by atoms with Gasteiger partial charge < -0.3 is 0 Å². The summed E-state index contributed by atoms with van der Waals surface area (Å²) in [6.07, 6.45) is 3.29. The maximum Gasteiger partial charge on any atom is 0.0535 e. The van der Waals surface area contributed by atoms with Gasteiger partial charge in [0.15, 0.2) is 0 Å². The number of hydrogen-bond donors (Lipinski definition) is 1. The molecule has 0 aromatic carbocycles. The molecule has 2 rings (SSSR count). The minimum atomic E-state index is 0.868. The van der Waals surface area contributed by atoms with Crippen LogP contribution in [-0.2, 0) is 6.54 Å². The number of nitrogens with one attached hydrogen (secondary N) is 1. The lowest BCUT2D eigenvalue weighted by atomic mass is 10.2. The van der Waals surface area contributed by atoms with Gasteiger partial charge in [0.1, 0.15) is 0 Å². The molecule has 1 aliphatic heterocycles. The fourth-order valence-electron chi connectivity index (χ4n) is 1.95. The highest BCUT2D eigenvalue weighted by atomic mass is 15.2. The zero-order valence-corrected chi connectivity index (χ0v) is 8.38. The molecule has 3 heteroatoms. The number of aromatic nitrogens is 2. The average molecular weight is 179 g/mol. The lowest BCUT2D eigenvalue weighted by Gasteiger charge is -2.14. The quantitative estimate of drug-likeness (QED) is 0.747. The van der Waals surface area contributed by atoms with E-state index in [1.165, 1.54) is 30.8 Å². The molecule has 0 radical (unpaired) electrons. The zero-order chi connectivity index (χ0) is 9.26. The molecule has 13 heavy (non-hydrogen) atoms. The summed E-state index contributed by atoms with van der Waals surface area (Å²) in [4.78, 5) is 2.50. The number of aromatic amines is 1. The second-order valence-electron chi connectivity index (χ2n) is 4.15. The molecular weight excluding hydrogens is 162 g/mol. The van der Waals surface area contributed by atoms with Crippen molar-refractivity contribution in [2.75, 3.05) is 13.1 Å². The van der Waals surface area contributed by atoms with Crippen LogP contribution in [0.5, 0.6) is 0 Å². The van der Waals surface area contributed by atoms with Crippen LogP contribution in [0.4, 0.5) is 0 Å². The van der Waals surface area contributed by atoms with E-state index >= 15 is 0 Å². The van der Waals surface area contributed by atoms with Gasteiger partial charge in [0.2, 0.25) is 0 Å². The molecule has 72 valence electrons. The first-order chi connectivity index (χ1) is 6.25. The van der Waals surface area contributed by atoms with Gasteiger partial charge in [0, 0.05) is 24.3 Å². The molecule has 0 saturated carbocycles. The lowest BCUT2D eigenvalue weighted by molar-refractivity contribution is 0.320. The molecule has 0 bridgehead atoms. The van der Waals surface area contributed by atoms with E-state index in [4.69, 9.17) is 0 Å². The second-order valence-corrected chi connectivity index (χ2v) is 4.15. The third-order valence-electron chi connectivity index (χ3n) is 2.84. The molecule has 1 atom stereocenters. The molecule has 0 spiro atoms. The Morgan fingerprint density at radius 3 is 3.08 bits per heavy atom. The summed E-state index contributed by atoms with van der Waals surface area (Å²) in [5.41, 5.74) is 2.55. The van der Waals surface area contributed by atoms with E-state index in [1.807, 2.05) is 6.20 Å². The van der Waals surface area contributed by atoms with Crippen molar-refractivity contribution in [2.45, 2.75) is 26.8 Å². The van der Waals surface area contributed by atoms with Crippen molar-refractivity contribution in [1.82, 2.24) is 15.1 Å². The SMILES string of the molecule is Cc1[nH]ncc1CN1CCC(C)C1. The molecule has 1 unspecified atom stereocenters. The van der Waals surface area contributed by atoms with Gasteiger partial charge in [0.05, 0.1) is 6.20 Å². The fraction of sp³-hybridized carbons (Fsp3) is 0.700. The summed E-state index contributed by atoms with van der Waals surface area (Å²) in [6, 6.07) is 0. The highest BCUT2D eigenvalue weighted by Crippen LogP contribution is 2.18. The van der Waals surface area contributed by atoms with Crippen LogP contribution in [0, 0.1) is 12.8 Å². The predicted molar refractivity (Wildman–Crippen MR) is 52.4 cm³/mol. The first kappa shape index (κ1) is 8.75. The minimum Gasteiger partial charge on any atom is -0.299 e. The lowest BCUT2D eigenvalue weighted by Crippen LogP contribution is -2.19. The Morgan fingerprint density at radius 2 is 2.54 bits per heavy atom. The van der Waals surface area contributed by atoms with Crippen LogP contribution in [0.15, 0.2) is 6.20 Å². The van der Waals surface area contributed by atoms with Crippen molar-refractivity contribution in [2.24, 2.45) is 5.92 Å².